The van der Waals surface area contributed by atoms with Crippen LogP contribution in [0.1, 0.15) is 19.8 Å². The second kappa shape index (κ2) is 3.65. The Labute approximate surface area is 80.1 Å². The molecule has 0 aromatic rings. The molecular weight excluding hydrogens is 190 g/mol. The number of hydrogen-bond donors (Lipinski definition) is 2. The van der Waals surface area contributed by atoms with Gasteiger partial charge < -0.3 is 15.1 Å². The quantitative estimate of drug-likeness (QED) is 0.644. The second-order valence-electron chi connectivity index (χ2n) is 3.21. The molecule has 1 aliphatic heterocycles. The van der Waals surface area contributed by atoms with Gasteiger partial charge in [0.05, 0.1) is 0 Å². The fraction of sp³-hybridized carbons (Fsp3) is 0.625. The molecule has 0 bridgehead atoms. The highest BCUT2D eigenvalue weighted by Gasteiger charge is 2.41. The highest BCUT2D eigenvalue weighted by molar-refractivity contribution is 5.91. The summed E-state index contributed by atoms with van der Waals surface area (Å²) >= 11 is 0. The van der Waals surface area contributed by atoms with Gasteiger partial charge in [-0.2, -0.15) is 0 Å². The predicted molar refractivity (Wildman–Crippen MR) is 44.6 cm³/mol. The van der Waals surface area contributed by atoms with Crippen molar-refractivity contribution in [1.82, 2.24) is 4.90 Å². The maximum Gasteiger partial charge on any atom is 0.326 e. The highest BCUT2D eigenvalue weighted by atomic mass is 16.4. The first-order valence-electron chi connectivity index (χ1n) is 4.22. The molecule has 1 amide bonds. The van der Waals surface area contributed by atoms with Crippen LogP contribution >= 0.6 is 0 Å². The number of rotatable bonds is 3. The Morgan fingerprint density at radius 1 is 1.50 bits per heavy atom. The summed E-state index contributed by atoms with van der Waals surface area (Å²) < 4.78 is 0. The van der Waals surface area contributed by atoms with E-state index < -0.39 is 29.9 Å². The predicted octanol–water partition coefficient (Wildman–Crippen LogP) is -0.465. The van der Waals surface area contributed by atoms with Gasteiger partial charge in [-0.15, -0.1) is 0 Å². The molecule has 0 aromatic heterocycles. The lowest BCUT2D eigenvalue weighted by Gasteiger charge is -2.25. The molecule has 6 nitrogen and oxygen atoms in total. The van der Waals surface area contributed by atoms with Crippen molar-refractivity contribution in [3.05, 3.63) is 0 Å². The number of carbonyl (C=O) groups excluding carboxylic acids is 1. The summed E-state index contributed by atoms with van der Waals surface area (Å²) in [6, 6.07) is -2.07. The van der Waals surface area contributed by atoms with Crippen LogP contribution in [0.4, 0.5) is 0 Å². The largest absolute Gasteiger partial charge is 0.480 e. The van der Waals surface area contributed by atoms with Gasteiger partial charge in [-0.3, -0.25) is 4.79 Å². The van der Waals surface area contributed by atoms with Crippen LogP contribution in [0.5, 0.6) is 0 Å². The van der Waals surface area contributed by atoms with E-state index in [4.69, 9.17) is 10.2 Å². The van der Waals surface area contributed by atoms with E-state index in [1.807, 2.05) is 0 Å². The van der Waals surface area contributed by atoms with E-state index in [-0.39, 0.29) is 12.8 Å². The lowest BCUT2D eigenvalue weighted by atomic mass is 10.2. The third kappa shape index (κ3) is 1.68. The molecule has 1 fully saturated rings. The van der Waals surface area contributed by atoms with E-state index in [1.165, 1.54) is 6.92 Å². The number of nitrogens with zero attached hydrogens (tertiary/aromatic N) is 1. The zero-order chi connectivity index (χ0) is 10.9. The fourth-order valence-electron chi connectivity index (χ4n) is 1.55. The maximum atomic E-state index is 11.2. The number of amides is 1. The van der Waals surface area contributed by atoms with Crippen LogP contribution in [0.3, 0.4) is 0 Å². The van der Waals surface area contributed by atoms with Crippen LogP contribution in [0, 0.1) is 0 Å². The minimum atomic E-state index is -1.19. The standard InChI is InChI=1S/C8H11NO5/c1-4(7(11)12)9-5(8(13)14)2-3-6(9)10/h4-5H,2-3H2,1H3,(H,11,12)(H,13,14). The first-order valence-corrected chi connectivity index (χ1v) is 4.22. The molecule has 0 spiro atoms. The fourth-order valence-corrected chi connectivity index (χ4v) is 1.55. The average Bonchev–Trinajstić information content (AvgIpc) is 2.45. The molecule has 1 saturated heterocycles. The Bertz CT molecular complexity index is 287. The van der Waals surface area contributed by atoms with E-state index in [0.717, 1.165) is 4.90 Å². The maximum absolute atomic E-state index is 11.2. The summed E-state index contributed by atoms with van der Waals surface area (Å²) in [6.45, 7) is 1.31. The number of hydrogen-bond acceptors (Lipinski definition) is 3. The lowest BCUT2D eigenvalue weighted by molar-refractivity contribution is -0.154. The van der Waals surface area contributed by atoms with Crippen molar-refractivity contribution in [3.63, 3.8) is 0 Å². The Kier molecular flexibility index (Phi) is 2.73. The van der Waals surface area contributed by atoms with Crippen molar-refractivity contribution >= 4 is 17.8 Å². The molecule has 0 aliphatic carbocycles. The highest BCUT2D eigenvalue weighted by Crippen LogP contribution is 2.21. The van der Waals surface area contributed by atoms with Crippen molar-refractivity contribution < 1.29 is 24.6 Å². The minimum Gasteiger partial charge on any atom is -0.480 e. The van der Waals surface area contributed by atoms with E-state index in [0.29, 0.717) is 0 Å². The van der Waals surface area contributed by atoms with Crippen LogP contribution < -0.4 is 0 Å². The normalized spacial score (nSPS) is 23.6. The number of carbonyl (C=O) groups is 3. The molecule has 0 radical (unpaired) electrons. The van der Waals surface area contributed by atoms with Crippen molar-refractivity contribution in [2.45, 2.75) is 31.8 Å². The zero-order valence-electron chi connectivity index (χ0n) is 7.64. The van der Waals surface area contributed by atoms with E-state index in [9.17, 15) is 14.4 Å². The van der Waals surface area contributed by atoms with Crippen molar-refractivity contribution in [2.24, 2.45) is 0 Å². The smallest absolute Gasteiger partial charge is 0.326 e. The monoisotopic (exact) mass is 201 g/mol. The minimum absolute atomic E-state index is 0.106. The zero-order valence-corrected chi connectivity index (χ0v) is 7.64. The number of likely N-dealkylation sites (tertiary alicyclic amines) is 1. The van der Waals surface area contributed by atoms with Gasteiger partial charge in [-0.1, -0.05) is 0 Å². The van der Waals surface area contributed by atoms with Gasteiger partial charge in [-0.05, 0) is 13.3 Å². The van der Waals surface area contributed by atoms with Crippen LogP contribution in [0.2, 0.25) is 0 Å². The molecule has 14 heavy (non-hydrogen) atoms. The van der Waals surface area contributed by atoms with Gasteiger partial charge in [0.1, 0.15) is 12.1 Å². The Morgan fingerprint density at radius 3 is 2.50 bits per heavy atom. The van der Waals surface area contributed by atoms with Crippen molar-refractivity contribution in [1.29, 1.82) is 0 Å². The number of carboxylic acid groups (broad SMARTS) is 2. The van der Waals surface area contributed by atoms with Gasteiger partial charge in [0.25, 0.3) is 0 Å². The molecule has 0 aromatic carbocycles. The number of carboxylic acids is 2. The van der Waals surface area contributed by atoms with Crippen LogP contribution in [-0.4, -0.2) is 45.0 Å². The molecule has 1 aliphatic rings. The Morgan fingerprint density at radius 2 is 2.07 bits per heavy atom. The van der Waals surface area contributed by atoms with E-state index in [2.05, 4.69) is 0 Å². The van der Waals surface area contributed by atoms with Crippen LogP contribution in [0.25, 0.3) is 0 Å². The summed E-state index contributed by atoms with van der Waals surface area (Å²) in [5.74, 6) is -2.75. The van der Waals surface area contributed by atoms with E-state index >= 15 is 0 Å². The summed E-state index contributed by atoms with van der Waals surface area (Å²) in [6.07, 6.45) is 0.292. The first kappa shape index (κ1) is 10.5. The average molecular weight is 201 g/mol. The van der Waals surface area contributed by atoms with Crippen LogP contribution in [-0.2, 0) is 14.4 Å². The summed E-state index contributed by atoms with van der Waals surface area (Å²) in [4.78, 5) is 33.5. The lowest BCUT2D eigenvalue weighted by Crippen LogP contribution is -2.47. The Hall–Kier alpha value is -1.59. The third-order valence-corrected chi connectivity index (χ3v) is 2.32. The molecule has 2 unspecified atom stereocenters. The van der Waals surface area contributed by atoms with Gasteiger partial charge >= 0.3 is 11.9 Å². The van der Waals surface area contributed by atoms with Gasteiger partial charge in [0.15, 0.2) is 0 Å². The third-order valence-electron chi connectivity index (χ3n) is 2.32. The van der Waals surface area contributed by atoms with Gasteiger partial charge in [0.2, 0.25) is 5.91 Å². The van der Waals surface area contributed by atoms with Crippen LogP contribution in [0.15, 0.2) is 0 Å². The first-order chi connectivity index (χ1) is 6.45. The SMILES string of the molecule is CC(C(=O)O)N1C(=O)CCC1C(=O)O. The molecule has 1 rings (SSSR count). The summed E-state index contributed by atoms with van der Waals surface area (Å²) in [5, 5.41) is 17.4. The Balaban J connectivity index is 2.87. The van der Waals surface area contributed by atoms with E-state index in [1.54, 1.807) is 0 Å². The summed E-state index contributed by atoms with van der Waals surface area (Å²) in [7, 11) is 0. The number of aliphatic carboxylic acids is 2. The summed E-state index contributed by atoms with van der Waals surface area (Å²) in [5.41, 5.74) is 0. The molecule has 2 atom stereocenters. The molecular formula is C8H11NO5. The second-order valence-corrected chi connectivity index (χ2v) is 3.21. The van der Waals surface area contributed by atoms with Gasteiger partial charge in [-0.25, -0.2) is 9.59 Å². The molecule has 6 heteroatoms. The molecule has 0 saturated carbocycles. The topological polar surface area (TPSA) is 94.9 Å². The molecule has 2 N–H and O–H groups in total. The van der Waals surface area contributed by atoms with Crippen molar-refractivity contribution in [2.75, 3.05) is 0 Å². The molecule has 78 valence electrons. The molecule has 1 heterocycles. The van der Waals surface area contributed by atoms with Gasteiger partial charge in [0, 0.05) is 6.42 Å². The van der Waals surface area contributed by atoms with Crippen molar-refractivity contribution in [3.8, 4) is 0 Å².